The van der Waals surface area contributed by atoms with Gasteiger partial charge in [0, 0.05) is 6.61 Å². The second-order valence-electron chi connectivity index (χ2n) is 7.72. The van der Waals surface area contributed by atoms with Gasteiger partial charge in [0.1, 0.15) is 11.6 Å². The molecule has 2 aliphatic rings. The van der Waals surface area contributed by atoms with E-state index in [1.807, 2.05) is 0 Å². The largest absolute Gasteiger partial charge is 0.381 e. The van der Waals surface area contributed by atoms with Crippen LogP contribution in [-0.2, 0) is 19.1 Å². The summed E-state index contributed by atoms with van der Waals surface area (Å²) >= 11 is 0. The van der Waals surface area contributed by atoms with Crippen molar-refractivity contribution in [2.75, 3.05) is 6.61 Å². The summed E-state index contributed by atoms with van der Waals surface area (Å²) in [4.78, 5) is 37.0. The van der Waals surface area contributed by atoms with Crippen molar-refractivity contribution in [2.24, 2.45) is 11.7 Å². The van der Waals surface area contributed by atoms with Crippen LogP contribution in [0.25, 0.3) is 0 Å². The summed E-state index contributed by atoms with van der Waals surface area (Å²) in [6.07, 6.45) is 3.18. The van der Waals surface area contributed by atoms with Crippen LogP contribution in [0.15, 0.2) is 0 Å². The lowest BCUT2D eigenvalue weighted by Gasteiger charge is -2.39. The fourth-order valence-electron chi connectivity index (χ4n) is 3.74. The molecule has 5 N–H and O–H groups in total. The molecular weight excluding hydrogens is 338 g/mol. The fourth-order valence-corrected chi connectivity index (χ4v) is 3.74. The minimum Gasteiger partial charge on any atom is -0.381 e. The van der Waals surface area contributed by atoms with Crippen LogP contribution in [0.2, 0.25) is 0 Å². The number of hydrogen-bond acceptors (Lipinski definition) is 5. The van der Waals surface area contributed by atoms with E-state index in [-0.39, 0.29) is 17.7 Å². The van der Waals surface area contributed by atoms with Gasteiger partial charge in [-0.05, 0) is 31.6 Å². The van der Waals surface area contributed by atoms with Gasteiger partial charge < -0.3 is 26.2 Å². The van der Waals surface area contributed by atoms with Gasteiger partial charge in [0.15, 0.2) is 6.10 Å². The van der Waals surface area contributed by atoms with Gasteiger partial charge in [-0.1, -0.05) is 33.1 Å². The number of amides is 3. The molecule has 8 nitrogen and oxygen atoms in total. The first-order valence-corrected chi connectivity index (χ1v) is 9.49. The summed E-state index contributed by atoms with van der Waals surface area (Å²) in [5, 5.41) is 15.7. The molecule has 26 heavy (non-hydrogen) atoms. The molecule has 0 aromatic rings. The molecule has 8 heteroatoms. The number of nitrogens with one attached hydrogen (secondary N) is 2. The molecule has 3 amide bonds. The van der Waals surface area contributed by atoms with Crippen molar-refractivity contribution in [2.45, 2.75) is 82.6 Å². The Hall–Kier alpha value is -1.67. The minimum absolute atomic E-state index is 0.198. The second kappa shape index (κ2) is 8.81. The summed E-state index contributed by atoms with van der Waals surface area (Å²) in [6, 6.07) is -0.807. The Balaban J connectivity index is 2.14. The summed E-state index contributed by atoms with van der Waals surface area (Å²) in [5.74, 6) is -1.72. The molecule has 2 fully saturated rings. The molecule has 0 radical (unpaired) electrons. The quantitative estimate of drug-likeness (QED) is 0.501. The molecule has 0 unspecified atom stereocenters. The molecule has 2 rings (SSSR count). The van der Waals surface area contributed by atoms with Gasteiger partial charge >= 0.3 is 0 Å². The lowest BCUT2D eigenvalue weighted by molar-refractivity contribution is -0.141. The predicted octanol–water partition coefficient (Wildman–Crippen LogP) is -0.0285. The molecule has 0 spiro atoms. The van der Waals surface area contributed by atoms with Crippen LogP contribution in [0.3, 0.4) is 0 Å². The molecule has 1 aliphatic heterocycles. The van der Waals surface area contributed by atoms with Crippen LogP contribution < -0.4 is 16.4 Å². The molecule has 1 heterocycles. The number of hydrogen-bond donors (Lipinski definition) is 4. The maximum absolute atomic E-state index is 13.1. The Bertz CT molecular complexity index is 525. The normalized spacial score (nSPS) is 24.7. The predicted molar refractivity (Wildman–Crippen MR) is 94.9 cm³/mol. The third kappa shape index (κ3) is 4.73. The summed E-state index contributed by atoms with van der Waals surface area (Å²) in [5.41, 5.74) is 4.16. The first-order chi connectivity index (χ1) is 12.3. The van der Waals surface area contributed by atoms with Crippen LogP contribution in [0.1, 0.15) is 58.8 Å². The van der Waals surface area contributed by atoms with Crippen LogP contribution in [-0.4, -0.2) is 53.2 Å². The third-order valence-electron chi connectivity index (χ3n) is 5.37. The first kappa shape index (κ1) is 20.6. The lowest BCUT2D eigenvalue weighted by atomic mass is 9.80. The molecule has 3 atom stereocenters. The van der Waals surface area contributed by atoms with E-state index in [9.17, 15) is 19.5 Å². The van der Waals surface area contributed by atoms with E-state index >= 15 is 0 Å². The number of primary amides is 1. The van der Waals surface area contributed by atoms with E-state index in [2.05, 4.69) is 10.6 Å². The van der Waals surface area contributed by atoms with E-state index < -0.39 is 29.7 Å². The topological polar surface area (TPSA) is 131 Å². The standard InChI is InChI=1S/C18H31N3O5/c1-11(2)13(14(22)15(19)23)20-17(25)18(8-4-3-5-9-18)21-16(24)12-7-6-10-26-12/h11-14,22H,3-10H2,1-2H3,(H2,19,23)(H,20,25)(H,21,24)/t12-,13-,14-/m0/s1. The van der Waals surface area contributed by atoms with Crippen molar-refractivity contribution in [3.63, 3.8) is 0 Å². The molecule has 0 bridgehead atoms. The Morgan fingerprint density at radius 3 is 2.31 bits per heavy atom. The Labute approximate surface area is 154 Å². The molecule has 1 aliphatic carbocycles. The van der Waals surface area contributed by atoms with Crippen LogP contribution in [0.4, 0.5) is 0 Å². The smallest absolute Gasteiger partial charge is 0.249 e. The monoisotopic (exact) mass is 369 g/mol. The molecule has 148 valence electrons. The zero-order valence-electron chi connectivity index (χ0n) is 15.6. The Morgan fingerprint density at radius 1 is 1.15 bits per heavy atom. The summed E-state index contributed by atoms with van der Waals surface area (Å²) < 4.78 is 5.43. The first-order valence-electron chi connectivity index (χ1n) is 9.49. The van der Waals surface area contributed by atoms with Crippen molar-refractivity contribution in [3.05, 3.63) is 0 Å². The number of rotatable bonds is 7. The number of carbonyl (C=O) groups excluding carboxylic acids is 3. The Morgan fingerprint density at radius 2 is 1.81 bits per heavy atom. The maximum atomic E-state index is 13.1. The fraction of sp³-hybridized carbons (Fsp3) is 0.833. The number of ether oxygens (including phenoxy) is 1. The van der Waals surface area contributed by atoms with E-state index in [0.717, 1.165) is 25.7 Å². The summed E-state index contributed by atoms with van der Waals surface area (Å²) in [6.45, 7) is 4.13. The number of nitrogens with two attached hydrogens (primary N) is 1. The average molecular weight is 369 g/mol. The van der Waals surface area contributed by atoms with E-state index in [1.54, 1.807) is 13.8 Å². The minimum atomic E-state index is -1.48. The van der Waals surface area contributed by atoms with Crippen LogP contribution >= 0.6 is 0 Å². The van der Waals surface area contributed by atoms with Gasteiger partial charge in [-0.25, -0.2) is 0 Å². The van der Waals surface area contributed by atoms with Crippen molar-refractivity contribution in [1.82, 2.24) is 10.6 Å². The molecule has 0 aromatic heterocycles. The highest BCUT2D eigenvalue weighted by Crippen LogP contribution is 2.30. The maximum Gasteiger partial charge on any atom is 0.249 e. The zero-order chi connectivity index (χ0) is 19.3. The van der Waals surface area contributed by atoms with Crippen LogP contribution in [0, 0.1) is 5.92 Å². The SMILES string of the molecule is CC(C)[C@H](NC(=O)C1(NC(=O)[C@@H]2CCCO2)CCCCC1)[C@H](O)C(N)=O. The third-order valence-corrected chi connectivity index (χ3v) is 5.37. The second-order valence-corrected chi connectivity index (χ2v) is 7.72. The van der Waals surface area contributed by atoms with Crippen molar-refractivity contribution < 1.29 is 24.2 Å². The van der Waals surface area contributed by atoms with Gasteiger partial charge in [-0.3, -0.25) is 14.4 Å². The highest BCUT2D eigenvalue weighted by Gasteiger charge is 2.44. The van der Waals surface area contributed by atoms with E-state index in [0.29, 0.717) is 25.9 Å². The molecule has 1 saturated carbocycles. The van der Waals surface area contributed by atoms with Crippen molar-refractivity contribution in [3.8, 4) is 0 Å². The van der Waals surface area contributed by atoms with Gasteiger partial charge in [0.25, 0.3) is 0 Å². The van der Waals surface area contributed by atoms with Crippen molar-refractivity contribution >= 4 is 17.7 Å². The molecular formula is C18H31N3O5. The Kier molecular flexibility index (Phi) is 7.00. The van der Waals surface area contributed by atoms with E-state index in [1.165, 1.54) is 0 Å². The highest BCUT2D eigenvalue weighted by molar-refractivity contribution is 5.93. The van der Waals surface area contributed by atoms with Gasteiger partial charge in [-0.15, -0.1) is 0 Å². The van der Waals surface area contributed by atoms with Gasteiger partial charge in [0.05, 0.1) is 6.04 Å². The summed E-state index contributed by atoms with van der Waals surface area (Å²) in [7, 11) is 0. The lowest BCUT2D eigenvalue weighted by Crippen LogP contribution is -2.64. The molecule has 0 aromatic carbocycles. The average Bonchev–Trinajstić information content (AvgIpc) is 3.14. The van der Waals surface area contributed by atoms with Crippen molar-refractivity contribution in [1.29, 1.82) is 0 Å². The molecule has 1 saturated heterocycles. The van der Waals surface area contributed by atoms with Gasteiger partial charge in [0.2, 0.25) is 17.7 Å². The zero-order valence-corrected chi connectivity index (χ0v) is 15.6. The van der Waals surface area contributed by atoms with Crippen LogP contribution in [0.5, 0.6) is 0 Å². The van der Waals surface area contributed by atoms with Gasteiger partial charge in [-0.2, -0.15) is 0 Å². The highest BCUT2D eigenvalue weighted by atomic mass is 16.5. The number of aliphatic hydroxyl groups excluding tert-OH is 1. The van der Waals surface area contributed by atoms with E-state index in [4.69, 9.17) is 10.5 Å². The number of aliphatic hydroxyl groups is 1. The number of carbonyl (C=O) groups is 3.